The minimum atomic E-state index is -1.46. The first kappa shape index (κ1) is 12.4. The Balaban J connectivity index is 3.86. The highest BCUT2D eigenvalue weighted by molar-refractivity contribution is 6.84. The average molecular weight is 206 g/mol. The average Bonchev–Trinajstić information content (AvgIpc) is 1.78. The fourth-order valence-corrected chi connectivity index (χ4v) is 9.43. The fraction of sp³-hybridized carbons (Fsp3) is 1.00. The van der Waals surface area contributed by atoms with Gasteiger partial charge in [0.05, 0.1) is 0 Å². The normalized spacial score (nSPS) is 13.5. The summed E-state index contributed by atoms with van der Waals surface area (Å²) >= 11 is 0. The summed E-state index contributed by atoms with van der Waals surface area (Å²) in [5.41, 5.74) is 0. The van der Waals surface area contributed by atoms with Crippen LogP contribution in [0.3, 0.4) is 0 Å². The topological polar surface area (TPSA) is 29.5 Å². The van der Waals surface area contributed by atoms with Crippen LogP contribution in [0.4, 0.5) is 0 Å². The Kier molecular flexibility index (Phi) is 4.69. The molecule has 0 spiro atoms. The van der Waals surface area contributed by atoms with Crippen molar-refractivity contribution in [2.45, 2.75) is 45.2 Å². The lowest BCUT2D eigenvalue weighted by atomic mass is 10.5. The summed E-state index contributed by atoms with van der Waals surface area (Å²) in [4.78, 5) is 0. The van der Waals surface area contributed by atoms with E-state index in [0.29, 0.717) is 6.61 Å². The molecule has 0 aliphatic rings. The van der Waals surface area contributed by atoms with E-state index < -0.39 is 16.6 Å². The zero-order chi connectivity index (χ0) is 9.83. The van der Waals surface area contributed by atoms with E-state index in [1.165, 1.54) is 0 Å². The van der Waals surface area contributed by atoms with Gasteiger partial charge in [0.25, 0.3) is 0 Å². The Bertz CT molecular complexity index is 130. The van der Waals surface area contributed by atoms with Crippen LogP contribution in [0, 0.1) is 0 Å². The number of hydrogen-bond acceptors (Lipinski definition) is 2. The van der Waals surface area contributed by atoms with E-state index in [1.807, 2.05) is 0 Å². The van der Waals surface area contributed by atoms with Gasteiger partial charge in [-0.15, -0.1) is 0 Å². The number of hydrogen-bond donors (Lipinski definition) is 1. The lowest BCUT2D eigenvalue weighted by molar-refractivity contribution is 0.292. The first-order valence-electron chi connectivity index (χ1n) is 4.58. The predicted molar refractivity (Wildman–Crippen MR) is 58.4 cm³/mol. The van der Waals surface area contributed by atoms with Crippen LogP contribution in [0.5, 0.6) is 0 Å². The van der Waals surface area contributed by atoms with Crippen LogP contribution in [0.2, 0.25) is 38.8 Å². The lowest BCUT2D eigenvalue weighted by Crippen LogP contribution is -2.42. The molecule has 0 amide bonds. The van der Waals surface area contributed by atoms with Gasteiger partial charge in [0.1, 0.15) is 0 Å². The van der Waals surface area contributed by atoms with Crippen molar-refractivity contribution in [3.05, 3.63) is 0 Å². The summed E-state index contributed by atoms with van der Waals surface area (Å²) in [7, 11) is -2.82. The van der Waals surface area contributed by atoms with Crippen LogP contribution in [0.15, 0.2) is 0 Å². The van der Waals surface area contributed by atoms with E-state index in [1.54, 1.807) is 0 Å². The van der Waals surface area contributed by atoms with Crippen LogP contribution < -0.4 is 0 Å². The minimum absolute atomic E-state index is 0.297. The second kappa shape index (κ2) is 4.55. The first-order valence-corrected chi connectivity index (χ1v) is 11.1. The smallest absolute Gasteiger partial charge is 0.173 e. The molecule has 0 aromatic carbocycles. The molecule has 1 N–H and O–H groups in total. The van der Waals surface area contributed by atoms with Gasteiger partial charge in [0, 0.05) is 6.61 Å². The summed E-state index contributed by atoms with van der Waals surface area (Å²) in [5, 5.41) is 8.71. The zero-order valence-corrected chi connectivity index (χ0v) is 11.0. The lowest BCUT2D eigenvalue weighted by Gasteiger charge is -2.31. The molecule has 0 rings (SSSR count). The second-order valence-electron chi connectivity index (χ2n) is 4.80. The van der Waals surface area contributed by atoms with Crippen LogP contribution in [0.25, 0.3) is 0 Å². The molecule has 0 aliphatic heterocycles. The molecule has 0 atom stereocenters. The Labute approximate surface area is 78.2 Å². The third kappa shape index (κ3) is 7.03. The zero-order valence-electron chi connectivity index (χ0n) is 8.98. The van der Waals surface area contributed by atoms with Gasteiger partial charge in [-0.1, -0.05) is 0 Å². The van der Waals surface area contributed by atoms with E-state index >= 15 is 0 Å². The Morgan fingerprint density at radius 2 is 1.58 bits per heavy atom. The van der Waals surface area contributed by atoms with Crippen molar-refractivity contribution in [1.29, 1.82) is 0 Å². The van der Waals surface area contributed by atoms with E-state index in [4.69, 9.17) is 9.22 Å². The summed E-state index contributed by atoms with van der Waals surface area (Å²) < 4.78 is 6.09. The van der Waals surface area contributed by atoms with Crippen LogP contribution in [-0.4, -0.2) is 28.3 Å². The molecule has 0 aromatic heterocycles. The number of aliphatic hydroxyl groups excluding tert-OH is 1. The van der Waals surface area contributed by atoms with Crippen molar-refractivity contribution in [2.24, 2.45) is 0 Å². The Morgan fingerprint density at radius 3 is 1.92 bits per heavy atom. The van der Waals surface area contributed by atoms with Crippen molar-refractivity contribution >= 4 is 16.6 Å². The monoisotopic (exact) mass is 206 g/mol. The predicted octanol–water partition coefficient (Wildman–Crippen LogP) is 2.43. The third-order valence-corrected chi connectivity index (χ3v) is 7.74. The van der Waals surface area contributed by atoms with Crippen LogP contribution in [-0.2, 0) is 4.12 Å². The molecule has 0 saturated carbocycles. The van der Waals surface area contributed by atoms with Gasteiger partial charge in [-0.05, 0) is 45.2 Å². The van der Waals surface area contributed by atoms with Gasteiger partial charge in [0.15, 0.2) is 16.6 Å². The van der Waals surface area contributed by atoms with Gasteiger partial charge >= 0.3 is 0 Å². The molecule has 0 heterocycles. The highest BCUT2D eigenvalue weighted by atomic mass is 28.4. The van der Waals surface area contributed by atoms with E-state index in [0.717, 1.165) is 12.5 Å². The molecule has 4 heteroatoms. The van der Waals surface area contributed by atoms with Gasteiger partial charge < -0.3 is 9.22 Å². The van der Waals surface area contributed by atoms with Gasteiger partial charge in [0.2, 0.25) is 0 Å². The van der Waals surface area contributed by atoms with Crippen molar-refractivity contribution in [2.75, 3.05) is 6.61 Å². The Morgan fingerprint density at radius 1 is 1.08 bits per heavy atom. The quantitative estimate of drug-likeness (QED) is 0.700. The highest BCUT2D eigenvalue weighted by Gasteiger charge is 2.28. The van der Waals surface area contributed by atoms with E-state index in [2.05, 4.69) is 32.7 Å². The minimum Gasteiger partial charge on any atom is -0.456 e. The molecule has 0 aliphatic carbocycles. The fourth-order valence-electron chi connectivity index (χ4n) is 1.38. The molecular formula is C8H22O2Si2. The summed E-state index contributed by atoms with van der Waals surface area (Å²) in [5.74, 6) is 0. The molecule has 12 heavy (non-hydrogen) atoms. The number of rotatable bonds is 5. The summed E-state index contributed by atoms with van der Waals surface area (Å²) in [6, 6.07) is 1.08. The van der Waals surface area contributed by atoms with Gasteiger partial charge in [-0.2, -0.15) is 0 Å². The maximum atomic E-state index is 8.71. The number of aliphatic hydroxyl groups is 1. The highest BCUT2D eigenvalue weighted by Crippen LogP contribution is 2.19. The Hall–Kier alpha value is 0.354. The van der Waals surface area contributed by atoms with Crippen molar-refractivity contribution < 1.29 is 9.22 Å². The molecule has 0 bridgehead atoms. The largest absolute Gasteiger partial charge is 0.456 e. The SMILES string of the molecule is C[Si](C)(C)O[Si](C)(C)CCCO. The third-order valence-electron chi connectivity index (χ3n) is 1.52. The van der Waals surface area contributed by atoms with Crippen molar-refractivity contribution in [3.8, 4) is 0 Å². The molecule has 0 radical (unpaired) electrons. The van der Waals surface area contributed by atoms with Crippen LogP contribution >= 0.6 is 0 Å². The van der Waals surface area contributed by atoms with Crippen molar-refractivity contribution in [3.63, 3.8) is 0 Å². The van der Waals surface area contributed by atoms with Gasteiger partial charge in [-0.25, -0.2) is 0 Å². The maximum absolute atomic E-state index is 8.71. The first-order chi connectivity index (χ1) is 5.27. The van der Waals surface area contributed by atoms with Crippen LogP contribution in [0.1, 0.15) is 6.42 Å². The van der Waals surface area contributed by atoms with E-state index in [9.17, 15) is 0 Å². The summed E-state index contributed by atoms with van der Waals surface area (Å²) in [6.45, 7) is 11.4. The standard InChI is InChI=1S/C8H22O2Si2/c1-11(2,3)10-12(4,5)8-6-7-9/h9H,6-8H2,1-5H3. The molecule has 0 aromatic rings. The molecule has 74 valence electrons. The second-order valence-corrected chi connectivity index (χ2v) is 13.9. The molecular weight excluding hydrogens is 184 g/mol. The summed E-state index contributed by atoms with van der Waals surface area (Å²) in [6.07, 6.45) is 0.893. The molecule has 0 saturated heterocycles. The van der Waals surface area contributed by atoms with E-state index in [-0.39, 0.29) is 0 Å². The molecule has 0 fully saturated rings. The molecule has 0 unspecified atom stereocenters. The van der Waals surface area contributed by atoms with Crippen molar-refractivity contribution in [1.82, 2.24) is 0 Å². The maximum Gasteiger partial charge on any atom is 0.173 e. The molecule has 2 nitrogen and oxygen atoms in total. The van der Waals surface area contributed by atoms with Gasteiger partial charge in [-0.3, -0.25) is 0 Å².